The fourth-order valence-corrected chi connectivity index (χ4v) is 3.06. The summed E-state index contributed by atoms with van der Waals surface area (Å²) in [5.74, 6) is -0.338. The molecule has 0 bridgehead atoms. The van der Waals surface area contributed by atoms with Crippen LogP contribution in [-0.4, -0.2) is 30.9 Å². The highest BCUT2D eigenvalue weighted by Crippen LogP contribution is 2.25. The molecule has 2 amide bonds. The lowest BCUT2D eigenvalue weighted by Crippen LogP contribution is -2.34. The van der Waals surface area contributed by atoms with Gasteiger partial charge in [-0.1, -0.05) is 25.4 Å². The molecule has 2 rings (SSSR count). The maximum absolute atomic E-state index is 12.6. The van der Waals surface area contributed by atoms with Gasteiger partial charge in [0.25, 0.3) is 5.91 Å². The fraction of sp³-hybridized carbons (Fsp3) is 0.529. The first-order valence-corrected chi connectivity index (χ1v) is 8.56. The third-order valence-corrected chi connectivity index (χ3v) is 4.38. The number of halogens is 1. The van der Waals surface area contributed by atoms with Gasteiger partial charge in [-0.15, -0.1) is 0 Å². The molecule has 1 aliphatic rings. The van der Waals surface area contributed by atoms with Crippen molar-refractivity contribution in [3.05, 3.63) is 28.8 Å². The van der Waals surface area contributed by atoms with Crippen molar-refractivity contribution < 1.29 is 9.59 Å². The fourth-order valence-electron chi connectivity index (χ4n) is 2.89. The first-order valence-electron chi connectivity index (χ1n) is 8.18. The lowest BCUT2D eigenvalue weighted by molar-refractivity contribution is -0.120. The average molecular weight is 338 g/mol. The van der Waals surface area contributed by atoms with Crippen molar-refractivity contribution in [2.45, 2.75) is 39.2 Å². The molecule has 0 spiro atoms. The second-order valence-electron chi connectivity index (χ2n) is 5.80. The van der Waals surface area contributed by atoms with E-state index in [1.807, 2.05) is 6.92 Å². The molecule has 0 radical (unpaired) electrons. The molecular formula is C17H24ClN3O2. The Hall–Kier alpha value is -1.59. The van der Waals surface area contributed by atoms with Crippen LogP contribution in [-0.2, 0) is 4.79 Å². The Labute approximate surface area is 142 Å². The number of carbonyl (C=O) groups excluding carboxylic acids is 2. The third kappa shape index (κ3) is 4.45. The second-order valence-corrected chi connectivity index (χ2v) is 6.24. The molecule has 1 heterocycles. The molecule has 0 saturated carbocycles. The molecule has 6 heteroatoms. The van der Waals surface area contributed by atoms with E-state index in [1.54, 1.807) is 18.2 Å². The molecule has 3 N–H and O–H groups in total. The van der Waals surface area contributed by atoms with Gasteiger partial charge in [0, 0.05) is 17.6 Å². The second kappa shape index (κ2) is 8.31. The largest absolute Gasteiger partial charge is 0.352 e. The van der Waals surface area contributed by atoms with Crippen molar-refractivity contribution in [3.8, 4) is 0 Å². The summed E-state index contributed by atoms with van der Waals surface area (Å²) in [5, 5.41) is 9.54. The Kier molecular flexibility index (Phi) is 6.42. The summed E-state index contributed by atoms with van der Waals surface area (Å²) in [4.78, 5) is 24.8. The Morgan fingerprint density at radius 1 is 1.35 bits per heavy atom. The number of benzene rings is 1. The molecule has 126 valence electrons. The van der Waals surface area contributed by atoms with Gasteiger partial charge >= 0.3 is 0 Å². The van der Waals surface area contributed by atoms with Gasteiger partial charge in [-0.25, -0.2) is 0 Å². The Morgan fingerprint density at radius 2 is 2.13 bits per heavy atom. The molecule has 5 nitrogen and oxygen atoms in total. The van der Waals surface area contributed by atoms with E-state index in [0.717, 1.165) is 25.8 Å². The highest BCUT2D eigenvalue weighted by molar-refractivity contribution is 6.31. The first-order chi connectivity index (χ1) is 11.1. The quantitative estimate of drug-likeness (QED) is 0.747. The van der Waals surface area contributed by atoms with Crippen molar-refractivity contribution >= 4 is 29.1 Å². The van der Waals surface area contributed by atoms with E-state index >= 15 is 0 Å². The van der Waals surface area contributed by atoms with Crippen LogP contribution in [0.3, 0.4) is 0 Å². The van der Waals surface area contributed by atoms with E-state index in [2.05, 4.69) is 22.9 Å². The van der Waals surface area contributed by atoms with Crippen LogP contribution >= 0.6 is 11.6 Å². The topological polar surface area (TPSA) is 70.2 Å². The standard InChI is InChI=1S/C17H24ClN3O2/c1-3-8-20-16(22)12-6-5-11(18)10-15(12)21-17(23)13-7-9-19-14(13)4-2/h5-6,10,13-14,19H,3-4,7-9H2,1-2H3,(H,20,22)(H,21,23). The monoisotopic (exact) mass is 337 g/mol. The van der Waals surface area contributed by atoms with Gasteiger partial charge in [0.2, 0.25) is 5.91 Å². The summed E-state index contributed by atoms with van der Waals surface area (Å²) in [7, 11) is 0. The Morgan fingerprint density at radius 3 is 2.83 bits per heavy atom. The van der Waals surface area contributed by atoms with E-state index in [1.165, 1.54) is 0 Å². The van der Waals surface area contributed by atoms with Crippen molar-refractivity contribution in [1.29, 1.82) is 0 Å². The number of anilines is 1. The van der Waals surface area contributed by atoms with E-state index in [0.29, 0.717) is 22.8 Å². The summed E-state index contributed by atoms with van der Waals surface area (Å²) in [5.41, 5.74) is 0.910. The molecule has 0 aromatic heterocycles. The summed E-state index contributed by atoms with van der Waals surface area (Å²) in [6, 6.07) is 5.12. The van der Waals surface area contributed by atoms with Crippen LogP contribution in [0.2, 0.25) is 5.02 Å². The van der Waals surface area contributed by atoms with Gasteiger partial charge in [0.05, 0.1) is 17.2 Å². The van der Waals surface area contributed by atoms with Gasteiger partial charge in [0.1, 0.15) is 0 Å². The van der Waals surface area contributed by atoms with Gasteiger partial charge in [0.15, 0.2) is 0 Å². The summed E-state index contributed by atoms with van der Waals surface area (Å²) in [6.45, 7) is 5.49. The van der Waals surface area contributed by atoms with Crippen molar-refractivity contribution in [2.75, 3.05) is 18.4 Å². The van der Waals surface area contributed by atoms with Crippen molar-refractivity contribution in [1.82, 2.24) is 10.6 Å². The lowest BCUT2D eigenvalue weighted by Gasteiger charge is -2.19. The molecule has 1 fully saturated rings. The zero-order valence-corrected chi connectivity index (χ0v) is 14.4. The normalized spacial score (nSPS) is 20.3. The minimum absolute atomic E-state index is 0.0614. The van der Waals surface area contributed by atoms with Crippen molar-refractivity contribution in [2.24, 2.45) is 5.92 Å². The van der Waals surface area contributed by atoms with Gasteiger partial charge in [-0.3, -0.25) is 9.59 Å². The molecule has 1 saturated heterocycles. The van der Waals surface area contributed by atoms with E-state index in [-0.39, 0.29) is 23.8 Å². The molecule has 1 aromatic carbocycles. The number of rotatable bonds is 6. The average Bonchev–Trinajstić information content (AvgIpc) is 3.01. The minimum atomic E-state index is -0.199. The van der Waals surface area contributed by atoms with Gasteiger partial charge < -0.3 is 16.0 Å². The maximum Gasteiger partial charge on any atom is 0.253 e. The predicted octanol–water partition coefficient (Wildman–Crippen LogP) is 2.81. The summed E-state index contributed by atoms with van der Waals surface area (Å²) >= 11 is 6.03. The zero-order valence-electron chi connectivity index (χ0n) is 13.6. The first kappa shape index (κ1) is 17.8. The molecule has 1 aliphatic heterocycles. The molecular weight excluding hydrogens is 314 g/mol. The van der Waals surface area contributed by atoms with Crippen LogP contribution < -0.4 is 16.0 Å². The zero-order chi connectivity index (χ0) is 16.8. The Bertz CT molecular complexity index is 577. The number of amides is 2. The molecule has 1 aromatic rings. The van der Waals surface area contributed by atoms with Crippen LogP contribution in [0.4, 0.5) is 5.69 Å². The van der Waals surface area contributed by atoms with Gasteiger partial charge in [-0.2, -0.15) is 0 Å². The van der Waals surface area contributed by atoms with E-state index in [4.69, 9.17) is 11.6 Å². The van der Waals surface area contributed by atoms with Crippen LogP contribution in [0.25, 0.3) is 0 Å². The predicted molar refractivity (Wildman–Crippen MR) is 92.9 cm³/mol. The van der Waals surface area contributed by atoms with Crippen molar-refractivity contribution in [3.63, 3.8) is 0 Å². The van der Waals surface area contributed by atoms with Gasteiger partial charge in [-0.05, 0) is 44.0 Å². The van der Waals surface area contributed by atoms with E-state index < -0.39 is 0 Å². The molecule has 2 unspecified atom stereocenters. The molecule has 23 heavy (non-hydrogen) atoms. The number of nitrogens with one attached hydrogen (secondary N) is 3. The highest BCUT2D eigenvalue weighted by atomic mass is 35.5. The van der Waals surface area contributed by atoms with E-state index in [9.17, 15) is 9.59 Å². The van der Waals surface area contributed by atoms with Crippen LogP contribution in [0.1, 0.15) is 43.5 Å². The molecule has 0 aliphatic carbocycles. The molecule has 2 atom stereocenters. The number of carbonyl (C=O) groups is 2. The minimum Gasteiger partial charge on any atom is -0.352 e. The summed E-state index contributed by atoms with van der Waals surface area (Å²) in [6.07, 6.45) is 2.56. The van der Waals surface area contributed by atoms with Crippen LogP contribution in [0, 0.1) is 5.92 Å². The lowest BCUT2D eigenvalue weighted by atomic mass is 9.97. The van der Waals surface area contributed by atoms with Crippen LogP contribution in [0.5, 0.6) is 0 Å². The van der Waals surface area contributed by atoms with Crippen LogP contribution in [0.15, 0.2) is 18.2 Å². The maximum atomic E-state index is 12.6. The SMILES string of the molecule is CCCNC(=O)c1ccc(Cl)cc1NC(=O)C1CCNC1CC. The number of hydrogen-bond donors (Lipinski definition) is 3. The Balaban J connectivity index is 2.16. The smallest absolute Gasteiger partial charge is 0.253 e. The summed E-state index contributed by atoms with van der Waals surface area (Å²) < 4.78 is 0. The third-order valence-electron chi connectivity index (χ3n) is 4.14. The highest BCUT2D eigenvalue weighted by Gasteiger charge is 2.31. The number of hydrogen-bond acceptors (Lipinski definition) is 3.